The Labute approximate surface area is 173 Å². The average Bonchev–Trinajstić information content (AvgIpc) is 3.32. The molecule has 0 aliphatic heterocycles. The van der Waals surface area contributed by atoms with E-state index in [0.29, 0.717) is 0 Å². The predicted octanol–water partition coefficient (Wildman–Crippen LogP) is 4.60. The first-order chi connectivity index (χ1) is 14.7. The molecule has 0 spiro atoms. The van der Waals surface area contributed by atoms with E-state index in [1.165, 1.54) is 0 Å². The van der Waals surface area contributed by atoms with Crippen LogP contribution in [0, 0.1) is 0 Å². The molecule has 6 heteroatoms. The third-order valence-electron chi connectivity index (χ3n) is 5.11. The summed E-state index contributed by atoms with van der Waals surface area (Å²) in [5, 5.41) is 2.96. The molecule has 0 aliphatic carbocycles. The van der Waals surface area contributed by atoms with Crippen molar-refractivity contribution in [3.63, 3.8) is 0 Å². The molecule has 2 heterocycles. The quantitative estimate of drug-likeness (QED) is 0.472. The van der Waals surface area contributed by atoms with Gasteiger partial charge < -0.3 is 14.6 Å². The van der Waals surface area contributed by atoms with Crippen molar-refractivity contribution in [2.24, 2.45) is 0 Å². The normalized spacial score (nSPS) is 11.1. The SMILES string of the molecule is COc1ccc(NC(=O)Cn2c(-c3ccccc3)cn3c4ccccc4nc23)cc1. The maximum atomic E-state index is 12.9. The Balaban J connectivity index is 1.54. The largest absolute Gasteiger partial charge is 0.497 e. The summed E-state index contributed by atoms with van der Waals surface area (Å²) in [4.78, 5) is 17.6. The summed E-state index contributed by atoms with van der Waals surface area (Å²) >= 11 is 0. The van der Waals surface area contributed by atoms with Gasteiger partial charge in [-0.15, -0.1) is 0 Å². The second kappa shape index (κ2) is 7.40. The van der Waals surface area contributed by atoms with Crippen LogP contribution in [0.1, 0.15) is 0 Å². The number of nitrogens with one attached hydrogen (secondary N) is 1. The molecule has 5 rings (SSSR count). The molecule has 30 heavy (non-hydrogen) atoms. The third-order valence-corrected chi connectivity index (χ3v) is 5.11. The molecule has 2 aromatic heterocycles. The van der Waals surface area contributed by atoms with Crippen LogP contribution in [0.3, 0.4) is 0 Å². The van der Waals surface area contributed by atoms with Crippen molar-refractivity contribution in [2.45, 2.75) is 6.54 Å². The highest BCUT2D eigenvalue weighted by atomic mass is 16.5. The second-order valence-corrected chi connectivity index (χ2v) is 7.01. The Morgan fingerprint density at radius 1 is 0.967 bits per heavy atom. The Bertz CT molecular complexity index is 1330. The zero-order chi connectivity index (χ0) is 20.5. The minimum atomic E-state index is -0.123. The highest BCUT2D eigenvalue weighted by molar-refractivity contribution is 5.92. The van der Waals surface area contributed by atoms with Crippen LogP contribution < -0.4 is 10.1 Å². The molecule has 5 aromatic rings. The zero-order valence-electron chi connectivity index (χ0n) is 16.4. The number of carbonyl (C=O) groups excluding carboxylic acids is 1. The fourth-order valence-corrected chi connectivity index (χ4v) is 3.66. The van der Waals surface area contributed by atoms with Crippen LogP contribution in [-0.2, 0) is 11.3 Å². The van der Waals surface area contributed by atoms with E-state index in [2.05, 4.69) is 5.32 Å². The van der Waals surface area contributed by atoms with Gasteiger partial charge in [0.1, 0.15) is 12.3 Å². The van der Waals surface area contributed by atoms with Crippen LogP contribution in [0.25, 0.3) is 28.1 Å². The van der Waals surface area contributed by atoms with Gasteiger partial charge in [-0.25, -0.2) is 4.98 Å². The summed E-state index contributed by atoms with van der Waals surface area (Å²) in [5.74, 6) is 1.36. The van der Waals surface area contributed by atoms with Crippen LogP contribution >= 0.6 is 0 Å². The van der Waals surface area contributed by atoms with Crippen molar-refractivity contribution in [3.05, 3.63) is 85.1 Å². The lowest BCUT2D eigenvalue weighted by molar-refractivity contribution is -0.116. The summed E-state index contributed by atoms with van der Waals surface area (Å²) in [6, 6.07) is 25.3. The number of hydrogen-bond acceptors (Lipinski definition) is 3. The summed E-state index contributed by atoms with van der Waals surface area (Å²) < 4.78 is 9.17. The molecule has 0 atom stereocenters. The molecule has 1 amide bonds. The van der Waals surface area contributed by atoms with E-state index < -0.39 is 0 Å². The van der Waals surface area contributed by atoms with Gasteiger partial charge in [-0.3, -0.25) is 9.20 Å². The van der Waals surface area contributed by atoms with Crippen molar-refractivity contribution in [2.75, 3.05) is 12.4 Å². The minimum Gasteiger partial charge on any atom is -0.497 e. The van der Waals surface area contributed by atoms with Crippen LogP contribution in [0.4, 0.5) is 5.69 Å². The predicted molar refractivity (Wildman–Crippen MR) is 118 cm³/mol. The number of amides is 1. The monoisotopic (exact) mass is 396 g/mol. The fraction of sp³-hybridized carbons (Fsp3) is 0.0833. The molecule has 3 aromatic carbocycles. The van der Waals surface area contributed by atoms with E-state index in [1.807, 2.05) is 94.0 Å². The van der Waals surface area contributed by atoms with Gasteiger partial charge in [0.15, 0.2) is 0 Å². The second-order valence-electron chi connectivity index (χ2n) is 7.01. The average molecular weight is 396 g/mol. The summed E-state index contributed by atoms with van der Waals surface area (Å²) in [5.41, 5.74) is 4.60. The maximum absolute atomic E-state index is 12.9. The van der Waals surface area contributed by atoms with E-state index >= 15 is 0 Å². The van der Waals surface area contributed by atoms with Crippen molar-refractivity contribution >= 4 is 28.4 Å². The van der Waals surface area contributed by atoms with E-state index in [0.717, 1.165) is 39.5 Å². The number of methoxy groups -OCH3 is 1. The number of nitrogens with zero attached hydrogens (tertiary/aromatic N) is 3. The maximum Gasteiger partial charge on any atom is 0.244 e. The number of aromatic nitrogens is 3. The molecule has 0 saturated carbocycles. The molecule has 0 bridgehead atoms. The topological polar surface area (TPSA) is 60.6 Å². The molecular weight excluding hydrogens is 376 g/mol. The van der Waals surface area contributed by atoms with Gasteiger partial charge in [-0.2, -0.15) is 0 Å². The van der Waals surface area contributed by atoms with Gasteiger partial charge in [0.05, 0.1) is 23.8 Å². The fourth-order valence-electron chi connectivity index (χ4n) is 3.66. The van der Waals surface area contributed by atoms with Gasteiger partial charge in [0, 0.05) is 11.9 Å². The molecule has 0 aliphatic rings. The number of carbonyl (C=O) groups is 1. The molecule has 0 unspecified atom stereocenters. The summed E-state index contributed by atoms with van der Waals surface area (Å²) in [6.45, 7) is 0.149. The van der Waals surface area contributed by atoms with E-state index in [9.17, 15) is 4.79 Å². The number of imidazole rings is 2. The van der Waals surface area contributed by atoms with Crippen molar-refractivity contribution in [1.29, 1.82) is 0 Å². The first-order valence-electron chi connectivity index (χ1n) is 9.68. The number of para-hydroxylation sites is 2. The van der Waals surface area contributed by atoms with Crippen LogP contribution in [0.5, 0.6) is 5.75 Å². The number of ether oxygens (including phenoxy) is 1. The number of rotatable bonds is 5. The molecule has 0 radical (unpaired) electrons. The van der Waals surface area contributed by atoms with Gasteiger partial charge >= 0.3 is 0 Å². The van der Waals surface area contributed by atoms with E-state index in [-0.39, 0.29) is 12.5 Å². The first-order valence-corrected chi connectivity index (χ1v) is 9.68. The number of hydrogen-bond donors (Lipinski definition) is 1. The third kappa shape index (κ3) is 3.18. The summed E-state index contributed by atoms with van der Waals surface area (Å²) in [7, 11) is 1.62. The van der Waals surface area contributed by atoms with Crippen molar-refractivity contribution in [1.82, 2.24) is 14.0 Å². The lowest BCUT2D eigenvalue weighted by atomic mass is 10.1. The van der Waals surface area contributed by atoms with Crippen LogP contribution in [-0.4, -0.2) is 27.0 Å². The van der Waals surface area contributed by atoms with Crippen LogP contribution in [0.2, 0.25) is 0 Å². The van der Waals surface area contributed by atoms with Crippen molar-refractivity contribution < 1.29 is 9.53 Å². The Morgan fingerprint density at radius 2 is 1.70 bits per heavy atom. The number of fused-ring (bicyclic) bond motifs is 3. The number of anilines is 1. The van der Waals surface area contributed by atoms with E-state index in [4.69, 9.17) is 9.72 Å². The number of benzene rings is 3. The van der Waals surface area contributed by atoms with Gasteiger partial charge in [0.25, 0.3) is 0 Å². The smallest absolute Gasteiger partial charge is 0.244 e. The molecule has 6 nitrogen and oxygen atoms in total. The summed E-state index contributed by atoms with van der Waals surface area (Å²) in [6.07, 6.45) is 2.04. The zero-order valence-corrected chi connectivity index (χ0v) is 16.4. The Kier molecular flexibility index (Phi) is 4.44. The Morgan fingerprint density at radius 3 is 2.47 bits per heavy atom. The molecular formula is C24H20N4O2. The molecule has 0 fully saturated rings. The highest BCUT2D eigenvalue weighted by Crippen LogP contribution is 2.26. The molecule has 0 saturated heterocycles. The van der Waals surface area contributed by atoms with Crippen LogP contribution in [0.15, 0.2) is 85.1 Å². The Hall–Kier alpha value is -4.06. The standard InChI is InChI=1S/C24H20N4O2/c1-30-19-13-11-18(12-14-19)25-23(29)16-28-22(17-7-3-2-4-8-17)15-27-21-10-6-5-9-20(21)26-24(27)28/h2-15H,16H2,1H3,(H,25,29). The lowest BCUT2D eigenvalue weighted by Crippen LogP contribution is -2.19. The van der Waals surface area contributed by atoms with Gasteiger partial charge in [0.2, 0.25) is 11.7 Å². The highest BCUT2D eigenvalue weighted by Gasteiger charge is 2.17. The minimum absolute atomic E-state index is 0.123. The molecule has 148 valence electrons. The molecule has 1 N–H and O–H groups in total. The van der Waals surface area contributed by atoms with Crippen molar-refractivity contribution in [3.8, 4) is 17.0 Å². The van der Waals surface area contributed by atoms with E-state index in [1.54, 1.807) is 7.11 Å². The lowest BCUT2D eigenvalue weighted by Gasteiger charge is -2.10. The van der Waals surface area contributed by atoms with Gasteiger partial charge in [-0.1, -0.05) is 42.5 Å². The van der Waals surface area contributed by atoms with Gasteiger partial charge in [-0.05, 0) is 42.0 Å². The first kappa shape index (κ1) is 18.0.